The van der Waals surface area contributed by atoms with Gasteiger partial charge in [-0.25, -0.2) is 0 Å². The molecule has 3 aromatic carbocycles. The summed E-state index contributed by atoms with van der Waals surface area (Å²) in [6.07, 6.45) is 1.76. The summed E-state index contributed by atoms with van der Waals surface area (Å²) in [5, 5.41) is 5.00. The summed E-state index contributed by atoms with van der Waals surface area (Å²) in [7, 11) is 0. The monoisotopic (exact) mass is 394 g/mol. The summed E-state index contributed by atoms with van der Waals surface area (Å²) in [4.78, 5) is 0. The standard InChI is InChI=1S/C23H23ClN2O2/c1-3-27-23-14-19(15-25-26-21-11-4-17(2)5-12-21)8-13-22(23)28-16-18-6-9-20(24)10-7-18/h4-15,26H,3,16H2,1-2H3. The number of halogens is 1. The molecule has 0 bridgehead atoms. The van der Waals surface area contributed by atoms with E-state index in [1.807, 2.05) is 73.7 Å². The molecule has 28 heavy (non-hydrogen) atoms. The molecule has 5 heteroatoms. The van der Waals surface area contributed by atoms with E-state index >= 15 is 0 Å². The van der Waals surface area contributed by atoms with Gasteiger partial charge in [-0.1, -0.05) is 41.4 Å². The topological polar surface area (TPSA) is 42.8 Å². The van der Waals surface area contributed by atoms with E-state index in [0.29, 0.717) is 29.7 Å². The van der Waals surface area contributed by atoms with Gasteiger partial charge in [0.05, 0.1) is 18.5 Å². The lowest BCUT2D eigenvalue weighted by Crippen LogP contribution is -2.00. The number of aryl methyl sites for hydroxylation is 1. The smallest absolute Gasteiger partial charge is 0.161 e. The number of ether oxygens (including phenoxy) is 2. The Hall–Kier alpha value is -2.98. The fourth-order valence-corrected chi connectivity index (χ4v) is 2.67. The Morgan fingerprint density at radius 2 is 1.68 bits per heavy atom. The second-order valence-corrected chi connectivity index (χ2v) is 6.73. The molecule has 1 N–H and O–H groups in total. The molecule has 0 aliphatic rings. The van der Waals surface area contributed by atoms with E-state index in [0.717, 1.165) is 16.8 Å². The SMILES string of the molecule is CCOc1cc(C=NNc2ccc(C)cc2)ccc1OCc1ccc(Cl)cc1. The van der Waals surface area contributed by atoms with Crippen molar-refractivity contribution in [3.63, 3.8) is 0 Å². The van der Waals surface area contributed by atoms with Crippen LogP contribution in [-0.2, 0) is 6.61 Å². The zero-order chi connectivity index (χ0) is 19.8. The minimum absolute atomic E-state index is 0.444. The molecule has 0 unspecified atom stereocenters. The van der Waals surface area contributed by atoms with Gasteiger partial charge in [0.2, 0.25) is 0 Å². The molecular formula is C23H23ClN2O2. The number of nitrogens with zero attached hydrogens (tertiary/aromatic N) is 1. The van der Waals surface area contributed by atoms with Crippen molar-refractivity contribution in [3.8, 4) is 11.5 Å². The van der Waals surface area contributed by atoms with E-state index in [9.17, 15) is 0 Å². The third-order valence-electron chi connectivity index (χ3n) is 4.03. The molecular weight excluding hydrogens is 372 g/mol. The van der Waals surface area contributed by atoms with Crippen LogP contribution in [0.2, 0.25) is 5.02 Å². The molecule has 0 aliphatic heterocycles. The highest BCUT2D eigenvalue weighted by Gasteiger charge is 2.06. The van der Waals surface area contributed by atoms with Gasteiger partial charge < -0.3 is 9.47 Å². The number of benzene rings is 3. The van der Waals surface area contributed by atoms with Crippen molar-refractivity contribution in [2.45, 2.75) is 20.5 Å². The van der Waals surface area contributed by atoms with E-state index < -0.39 is 0 Å². The lowest BCUT2D eigenvalue weighted by atomic mass is 10.2. The van der Waals surface area contributed by atoms with E-state index in [1.165, 1.54) is 5.56 Å². The van der Waals surface area contributed by atoms with Gasteiger partial charge in [-0.3, -0.25) is 5.43 Å². The van der Waals surface area contributed by atoms with Crippen molar-refractivity contribution in [1.29, 1.82) is 0 Å². The molecule has 0 atom stereocenters. The van der Waals surface area contributed by atoms with Crippen molar-refractivity contribution in [2.24, 2.45) is 5.10 Å². The van der Waals surface area contributed by atoms with Crippen molar-refractivity contribution < 1.29 is 9.47 Å². The molecule has 0 radical (unpaired) electrons. The highest BCUT2D eigenvalue weighted by Crippen LogP contribution is 2.29. The van der Waals surface area contributed by atoms with Crippen LogP contribution in [0.1, 0.15) is 23.6 Å². The third kappa shape index (κ3) is 5.76. The zero-order valence-electron chi connectivity index (χ0n) is 16.0. The summed E-state index contributed by atoms with van der Waals surface area (Å²) < 4.78 is 11.7. The minimum atomic E-state index is 0.444. The van der Waals surface area contributed by atoms with Crippen LogP contribution < -0.4 is 14.9 Å². The quantitative estimate of drug-likeness (QED) is 0.372. The van der Waals surface area contributed by atoms with Gasteiger partial charge in [0.15, 0.2) is 11.5 Å². The number of rotatable bonds is 8. The molecule has 3 aromatic rings. The average Bonchev–Trinajstić information content (AvgIpc) is 2.70. The van der Waals surface area contributed by atoms with Crippen molar-refractivity contribution in [1.82, 2.24) is 0 Å². The number of nitrogens with one attached hydrogen (secondary N) is 1. The first-order chi connectivity index (χ1) is 13.6. The Morgan fingerprint density at radius 3 is 2.39 bits per heavy atom. The van der Waals surface area contributed by atoms with Gasteiger partial charge in [0.1, 0.15) is 6.61 Å². The van der Waals surface area contributed by atoms with E-state index in [1.54, 1.807) is 6.21 Å². The van der Waals surface area contributed by atoms with Crippen molar-refractivity contribution >= 4 is 23.5 Å². The van der Waals surface area contributed by atoms with Crippen LogP contribution in [0.4, 0.5) is 5.69 Å². The zero-order valence-corrected chi connectivity index (χ0v) is 16.7. The Labute approximate surface area is 170 Å². The second kappa shape index (κ2) is 9.81. The third-order valence-corrected chi connectivity index (χ3v) is 4.29. The molecule has 0 aromatic heterocycles. The molecule has 0 fully saturated rings. The van der Waals surface area contributed by atoms with Crippen LogP contribution in [0.15, 0.2) is 71.8 Å². The first-order valence-corrected chi connectivity index (χ1v) is 9.51. The van der Waals surface area contributed by atoms with Gasteiger partial charge in [-0.2, -0.15) is 5.10 Å². The fourth-order valence-electron chi connectivity index (χ4n) is 2.54. The lowest BCUT2D eigenvalue weighted by Gasteiger charge is -2.12. The Balaban J connectivity index is 1.66. The Bertz CT molecular complexity index is 922. The van der Waals surface area contributed by atoms with Gasteiger partial charge in [0.25, 0.3) is 0 Å². The molecule has 4 nitrogen and oxygen atoms in total. The highest BCUT2D eigenvalue weighted by atomic mass is 35.5. The van der Waals surface area contributed by atoms with Gasteiger partial charge in [-0.05, 0) is 67.4 Å². The predicted octanol–water partition coefficient (Wildman–Crippen LogP) is 6.07. The maximum atomic E-state index is 5.93. The fraction of sp³-hybridized carbons (Fsp3) is 0.174. The Kier molecular flexibility index (Phi) is 6.93. The van der Waals surface area contributed by atoms with E-state index in [4.69, 9.17) is 21.1 Å². The first-order valence-electron chi connectivity index (χ1n) is 9.14. The van der Waals surface area contributed by atoms with Crippen LogP contribution >= 0.6 is 11.6 Å². The molecule has 0 saturated carbocycles. The minimum Gasteiger partial charge on any atom is -0.490 e. The van der Waals surface area contributed by atoms with Gasteiger partial charge in [0, 0.05) is 5.02 Å². The summed E-state index contributed by atoms with van der Waals surface area (Å²) in [5.74, 6) is 1.39. The van der Waals surface area contributed by atoms with Gasteiger partial charge >= 0.3 is 0 Å². The Morgan fingerprint density at radius 1 is 0.929 bits per heavy atom. The maximum Gasteiger partial charge on any atom is 0.161 e. The van der Waals surface area contributed by atoms with Crippen LogP contribution in [0, 0.1) is 6.92 Å². The van der Waals surface area contributed by atoms with Crippen LogP contribution in [0.25, 0.3) is 0 Å². The summed E-state index contributed by atoms with van der Waals surface area (Å²) in [6.45, 7) is 5.00. The molecule has 0 heterocycles. The van der Waals surface area contributed by atoms with E-state index in [-0.39, 0.29) is 0 Å². The maximum absolute atomic E-state index is 5.93. The number of hydrogen-bond donors (Lipinski definition) is 1. The molecule has 0 amide bonds. The van der Waals surface area contributed by atoms with Crippen LogP contribution in [-0.4, -0.2) is 12.8 Å². The molecule has 0 saturated heterocycles. The number of anilines is 1. The molecule has 3 rings (SSSR count). The lowest BCUT2D eigenvalue weighted by molar-refractivity contribution is 0.269. The average molecular weight is 395 g/mol. The number of hydrazone groups is 1. The first kappa shape index (κ1) is 19.8. The summed E-state index contributed by atoms with van der Waals surface area (Å²) in [6, 6.07) is 21.4. The predicted molar refractivity (Wildman–Crippen MR) is 116 cm³/mol. The van der Waals surface area contributed by atoms with Crippen molar-refractivity contribution in [3.05, 3.63) is 88.4 Å². The molecule has 0 aliphatic carbocycles. The second-order valence-electron chi connectivity index (χ2n) is 6.29. The van der Waals surface area contributed by atoms with E-state index in [2.05, 4.69) is 17.5 Å². The summed E-state index contributed by atoms with van der Waals surface area (Å²) in [5.41, 5.74) is 7.14. The highest BCUT2D eigenvalue weighted by molar-refractivity contribution is 6.30. The summed E-state index contributed by atoms with van der Waals surface area (Å²) >= 11 is 5.92. The van der Waals surface area contributed by atoms with Crippen LogP contribution in [0.5, 0.6) is 11.5 Å². The number of hydrogen-bond acceptors (Lipinski definition) is 4. The largest absolute Gasteiger partial charge is 0.490 e. The van der Waals surface area contributed by atoms with Gasteiger partial charge in [-0.15, -0.1) is 0 Å². The molecule has 0 spiro atoms. The van der Waals surface area contributed by atoms with Crippen LogP contribution in [0.3, 0.4) is 0 Å². The van der Waals surface area contributed by atoms with Crippen molar-refractivity contribution in [2.75, 3.05) is 12.0 Å². The normalized spacial score (nSPS) is 10.8. The molecule has 144 valence electrons.